The number of amides is 1. The number of fused-ring (bicyclic) bond motifs is 4. The zero-order chi connectivity index (χ0) is 23.2. The topological polar surface area (TPSA) is 70.8 Å². The van der Waals surface area contributed by atoms with Gasteiger partial charge in [-0.25, -0.2) is 4.98 Å². The van der Waals surface area contributed by atoms with E-state index in [0.717, 1.165) is 54.4 Å². The van der Waals surface area contributed by atoms with Crippen LogP contribution in [0.4, 0.5) is 0 Å². The number of hydrogen-bond acceptors (Lipinski definition) is 6. The van der Waals surface area contributed by atoms with Gasteiger partial charge in [-0.1, -0.05) is 6.92 Å². The maximum Gasteiger partial charge on any atom is 0.222 e. The first-order valence-electron chi connectivity index (χ1n) is 11.7. The quantitative estimate of drug-likeness (QED) is 0.621. The number of aliphatic hydroxyl groups is 1. The number of aromatic nitrogens is 2. The normalized spacial score (nSPS) is 20.4. The SMILES string of the molecule is CCC(=O)N1CC2(CCN(Cc3nccs3)CC2)c2c(n(C)c3cc(OC)ccc23)[C@H]1CO. The fourth-order valence-electron chi connectivity index (χ4n) is 5.89. The molecule has 0 saturated carbocycles. The van der Waals surface area contributed by atoms with E-state index in [1.54, 1.807) is 18.4 Å². The second kappa shape index (κ2) is 8.74. The van der Waals surface area contributed by atoms with Gasteiger partial charge in [0, 0.05) is 54.2 Å². The summed E-state index contributed by atoms with van der Waals surface area (Å²) < 4.78 is 7.67. The second-order valence-electron chi connectivity index (χ2n) is 9.26. The van der Waals surface area contributed by atoms with E-state index in [-0.39, 0.29) is 24.0 Å². The Morgan fingerprint density at radius 1 is 1.33 bits per heavy atom. The molecule has 0 bridgehead atoms. The number of aliphatic hydroxyl groups excluding tert-OH is 1. The van der Waals surface area contributed by atoms with Crippen molar-refractivity contribution in [3.63, 3.8) is 0 Å². The molecule has 8 heteroatoms. The molecule has 176 valence electrons. The lowest BCUT2D eigenvalue weighted by atomic mass is 9.68. The van der Waals surface area contributed by atoms with Crippen molar-refractivity contribution in [2.24, 2.45) is 7.05 Å². The van der Waals surface area contributed by atoms with Gasteiger partial charge in [-0.2, -0.15) is 0 Å². The Morgan fingerprint density at radius 2 is 2.12 bits per heavy atom. The first-order chi connectivity index (χ1) is 16.0. The highest BCUT2D eigenvalue weighted by molar-refractivity contribution is 7.09. The lowest BCUT2D eigenvalue weighted by molar-refractivity contribution is -0.137. The summed E-state index contributed by atoms with van der Waals surface area (Å²) in [5, 5.41) is 14.8. The molecule has 2 aromatic heterocycles. The molecule has 1 atom stereocenters. The zero-order valence-corrected chi connectivity index (χ0v) is 20.4. The van der Waals surface area contributed by atoms with E-state index >= 15 is 0 Å². The largest absolute Gasteiger partial charge is 0.497 e. The van der Waals surface area contributed by atoms with Crippen molar-refractivity contribution >= 4 is 28.1 Å². The Kier molecular flexibility index (Phi) is 5.93. The van der Waals surface area contributed by atoms with E-state index in [4.69, 9.17) is 4.74 Å². The minimum Gasteiger partial charge on any atom is -0.497 e. The number of likely N-dealkylation sites (tertiary alicyclic amines) is 1. The third-order valence-corrected chi connectivity index (χ3v) is 8.36. The Labute approximate surface area is 198 Å². The molecule has 2 aliphatic rings. The summed E-state index contributed by atoms with van der Waals surface area (Å²) in [6, 6.07) is 5.92. The van der Waals surface area contributed by atoms with Gasteiger partial charge in [0.05, 0.1) is 31.8 Å². The van der Waals surface area contributed by atoms with Crippen LogP contribution in [-0.2, 0) is 23.8 Å². The summed E-state index contributed by atoms with van der Waals surface area (Å²) in [4.78, 5) is 21.9. The molecule has 7 nitrogen and oxygen atoms in total. The molecule has 1 saturated heterocycles. The minimum atomic E-state index is -0.324. The van der Waals surface area contributed by atoms with Gasteiger partial charge in [0.25, 0.3) is 0 Å². The molecular formula is C25H32N4O3S. The van der Waals surface area contributed by atoms with E-state index in [9.17, 15) is 9.90 Å². The Bertz CT molecular complexity index is 1150. The molecule has 2 aliphatic heterocycles. The fourth-order valence-corrected chi connectivity index (χ4v) is 6.55. The molecule has 3 aromatic rings. The van der Waals surface area contributed by atoms with Gasteiger partial charge in [-0.3, -0.25) is 9.69 Å². The van der Waals surface area contributed by atoms with Gasteiger partial charge in [0.1, 0.15) is 10.8 Å². The van der Waals surface area contributed by atoms with E-state index < -0.39 is 0 Å². The van der Waals surface area contributed by atoms with E-state index in [1.165, 1.54) is 10.9 Å². The first-order valence-corrected chi connectivity index (χ1v) is 12.6. The maximum atomic E-state index is 13.0. The molecule has 1 amide bonds. The summed E-state index contributed by atoms with van der Waals surface area (Å²) in [5.41, 5.74) is 3.35. The first kappa shape index (κ1) is 22.4. The molecule has 1 N–H and O–H groups in total. The number of piperidine rings is 1. The minimum absolute atomic E-state index is 0.0771. The number of methoxy groups -OCH3 is 1. The average Bonchev–Trinajstić information content (AvgIpc) is 3.46. The zero-order valence-electron chi connectivity index (χ0n) is 19.6. The van der Waals surface area contributed by atoms with Crippen LogP contribution in [0.2, 0.25) is 0 Å². The highest BCUT2D eigenvalue weighted by Crippen LogP contribution is 2.50. The molecule has 1 aromatic carbocycles. The number of rotatable bonds is 5. The van der Waals surface area contributed by atoms with Crippen molar-refractivity contribution in [1.29, 1.82) is 0 Å². The average molecular weight is 469 g/mol. The van der Waals surface area contributed by atoms with Crippen molar-refractivity contribution in [1.82, 2.24) is 19.4 Å². The van der Waals surface area contributed by atoms with Crippen LogP contribution in [0.15, 0.2) is 29.8 Å². The predicted octanol–water partition coefficient (Wildman–Crippen LogP) is 3.46. The van der Waals surface area contributed by atoms with Gasteiger partial charge in [-0.15, -0.1) is 11.3 Å². The molecule has 0 aliphatic carbocycles. The Hall–Kier alpha value is -2.42. The fraction of sp³-hybridized carbons (Fsp3) is 0.520. The molecule has 1 spiro atoms. The number of carbonyl (C=O) groups is 1. The molecular weight excluding hydrogens is 436 g/mol. The van der Waals surface area contributed by atoms with Crippen LogP contribution in [0, 0.1) is 0 Å². The van der Waals surface area contributed by atoms with Gasteiger partial charge in [-0.05, 0) is 43.6 Å². The summed E-state index contributed by atoms with van der Waals surface area (Å²) in [6.07, 6.45) is 4.26. The second-order valence-corrected chi connectivity index (χ2v) is 10.2. The van der Waals surface area contributed by atoms with Crippen LogP contribution in [0.5, 0.6) is 5.75 Å². The van der Waals surface area contributed by atoms with Gasteiger partial charge in [0.2, 0.25) is 5.91 Å². The van der Waals surface area contributed by atoms with Crippen LogP contribution < -0.4 is 4.74 Å². The summed E-state index contributed by atoms with van der Waals surface area (Å²) in [6.45, 7) is 5.29. The van der Waals surface area contributed by atoms with Crippen LogP contribution in [0.1, 0.15) is 48.5 Å². The van der Waals surface area contributed by atoms with Crippen molar-refractivity contribution in [3.05, 3.63) is 46.0 Å². The van der Waals surface area contributed by atoms with E-state index in [0.29, 0.717) is 13.0 Å². The molecule has 33 heavy (non-hydrogen) atoms. The van der Waals surface area contributed by atoms with Gasteiger partial charge < -0.3 is 19.3 Å². The van der Waals surface area contributed by atoms with Crippen molar-refractivity contribution in [3.8, 4) is 5.75 Å². The van der Waals surface area contributed by atoms with Crippen LogP contribution >= 0.6 is 11.3 Å². The third kappa shape index (κ3) is 3.64. The van der Waals surface area contributed by atoms with Gasteiger partial charge >= 0.3 is 0 Å². The summed E-state index contributed by atoms with van der Waals surface area (Å²) in [5.74, 6) is 0.918. The lowest BCUT2D eigenvalue weighted by Gasteiger charge is -2.50. The van der Waals surface area contributed by atoms with Crippen molar-refractivity contribution in [2.75, 3.05) is 33.4 Å². The number of aryl methyl sites for hydroxylation is 1. The number of carbonyl (C=O) groups excluding carboxylic acids is 1. The van der Waals surface area contributed by atoms with Gasteiger partial charge in [0.15, 0.2) is 0 Å². The van der Waals surface area contributed by atoms with E-state index in [1.807, 2.05) is 29.5 Å². The number of benzene rings is 1. The smallest absolute Gasteiger partial charge is 0.222 e. The highest BCUT2D eigenvalue weighted by atomic mass is 32.1. The van der Waals surface area contributed by atoms with E-state index in [2.05, 4.69) is 33.6 Å². The standard InChI is InChI=1S/C25H32N4O3S/c1-4-22(31)29-16-25(7-10-28(11-8-25)14-21-26-9-12-33-21)23-18-6-5-17(32-3)13-19(18)27(2)24(23)20(29)15-30/h5-6,9,12-13,20,30H,4,7-8,10-11,14-16H2,1-3H3/t20-/m1/s1. The van der Waals surface area contributed by atoms with Crippen molar-refractivity contribution in [2.45, 2.75) is 44.2 Å². The monoisotopic (exact) mass is 468 g/mol. The van der Waals surface area contributed by atoms with Crippen molar-refractivity contribution < 1.29 is 14.6 Å². The molecule has 0 unspecified atom stereocenters. The predicted molar refractivity (Wildman–Crippen MR) is 130 cm³/mol. The van der Waals surface area contributed by atoms with Crippen LogP contribution in [0.3, 0.4) is 0 Å². The maximum absolute atomic E-state index is 13.0. The Balaban J connectivity index is 1.60. The third-order valence-electron chi connectivity index (χ3n) is 7.60. The van der Waals surface area contributed by atoms with Crippen LogP contribution in [-0.4, -0.2) is 63.7 Å². The summed E-state index contributed by atoms with van der Waals surface area (Å²) >= 11 is 1.70. The Morgan fingerprint density at radius 3 is 2.76 bits per heavy atom. The molecule has 5 rings (SSSR count). The highest BCUT2D eigenvalue weighted by Gasteiger charge is 2.49. The summed E-state index contributed by atoms with van der Waals surface area (Å²) in [7, 11) is 3.73. The molecule has 1 fully saturated rings. The molecule has 4 heterocycles. The molecule has 0 radical (unpaired) electrons. The number of nitrogens with zero attached hydrogens (tertiary/aromatic N) is 4. The number of hydrogen-bond donors (Lipinski definition) is 1. The number of ether oxygens (including phenoxy) is 1. The van der Waals surface area contributed by atoms with Crippen LogP contribution in [0.25, 0.3) is 10.9 Å². The lowest BCUT2D eigenvalue weighted by Crippen LogP contribution is -2.55. The number of thiazole rings is 1.